The van der Waals surface area contributed by atoms with Gasteiger partial charge in [-0.1, -0.05) is 0 Å². The normalized spacial score (nSPS) is 18.7. The summed E-state index contributed by atoms with van der Waals surface area (Å²) in [6.07, 6.45) is 4.89. The molecule has 0 atom stereocenters. The second kappa shape index (κ2) is 9.58. The van der Waals surface area contributed by atoms with E-state index in [1.54, 1.807) is 6.20 Å². The minimum atomic E-state index is -2.15. The number of rotatable bonds is 5. The molecule has 3 aromatic rings. The summed E-state index contributed by atoms with van der Waals surface area (Å²) >= 11 is 0. The van der Waals surface area contributed by atoms with Gasteiger partial charge in [-0.2, -0.15) is 4.36 Å². The molecule has 2 fully saturated rings. The number of nitrogens with one attached hydrogen (secondary N) is 1. The zero-order valence-electron chi connectivity index (χ0n) is 18.5. The van der Waals surface area contributed by atoms with Crippen molar-refractivity contribution >= 4 is 37.8 Å². The molecule has 0 radical (unpaired) electrons. The number of nitrogens with zero attached hydrogens (tertiary/aromatic N) is 4. The molecular weight excluding hydrogens is 442 g/mol. The zero-order chi connectivity index (χ0) is 22.7. The summed E-state index contributed by atoms with van der Waals surface area (Å²) in [5.74, 6) is 2.43. The van der Waals surface area contributed by atoms with Crippen molar-refractivity contribution in [1.29, 1.82) is 0 Å². The Morgan fingerprint density at radius 1 is 1.12 bits per heavy atom. The molecule has 2 aromatic heterocycles. The molecule has 2 aliphatic rings. The van der Waals surface area contributed by atoms with Gasteiger partial charge in [0, 0.05) is 23.1 Å². The molecule has 2 saturated heterocycles. The lowest BCUT2D eigenvalue weighted by Gasteiger charge is -2.18. The number of pyridine rings is 1. The standard InChI is InChI=1S/C23H27N5O4S/c1-16-11-17(28-33(29)9-2-3-10-33)12-20-21(16)22(26-15-25-20)27-19-5-4-6-24-23(19)32-18-13-30-7-8-31-14-18/h4-6,11-12,15,18H,2-3,7-10,13-14H2,1H3,(H,25,26,27). The third kappa shape index (κ3) is 5.07. The third-order valence-corrected chi connectivity index (χ3v) is 8.05. The highest BCUT2D eigenvalue weighted by atomic mass is 32.2. The molecular formula is C23H27N5O4S. The molecule has 0 amide bonds. The fraction of sp³-hybridized carbons (Fsp3) is 0.435. The number of aryl methyl sites for hydroxylation is 1. The van der Waals surface area contributed by atoms with Gasteiger partial charge in [0.15, 0.2) is 0 Å². The van der Waals surface area contributed by atoms with E-state index in [9.17, 15) is 4.21 Å². The van der Waals surface area contributed by atoms with E-state index >= 15 is 0 Å². The van der Waals surface area contributed by atoms with Gasteiger partial charge in [-0.15, -0.1) is 0 Å². The van der Waals surface area contributed by atoms with Crippen LogP contribution in [0.5, 0.6) is 5.88 Å². The molecule has 0 bridgehead atoms. The van der Waals surface area contributed by atoms with Crippen LogP contribution in [-0.4, -0.2) is 63.2 Å². The number of hydrogen-bond acceptors (Lipinski definition) is 9. The van der Waals surface area contributed by atoms with Gasteiger partial charge in [-0.05, 0) is 49.6 Å². The van der Waals surface area contributed by atoms with E-state index < -0.39 is 9.73 Å². The lowest BCUT2D eigenvalue weighted by atomic mass is 10.1. The van der Waals surface area contributed by atoms with E-state index in [1.165, 1.54) is 6.33 Å². The molecule has 10 heteroatoms. The largest absolute Gasteiger partial charge is 0.468 e. The van der Waals surface area contributed by atoms with Crippen LogP contribution in [0.15, 0.2) is 41.2 Å². The van der Waals surface area contributed by atoms with Crippen LogP contribution in [-0.2, 0) is 19.2 Å². The van der Waals surface area contributed by atoms with Crippen LogP contribution >= 0.6 is 0 Å². The molecule has 9 nitrogen and oxygen atoms in total. The first-order valence-corrected chi connectivity index (χ1v) is 13.0. The lowest BCUT2D eigenvalue weighted by molar-refractivity contribution is 0.0573. The summed E-state index contributed by atoms with van der Waals surface area (Å²) in [4.78, 5) is 13.3. The third-order valence-electron chi connectivity index (χ3n) is 5.65. The van der Waals surface area contributed by atoms with Gasteiger partial charge in [0.2, 0.25) is 5.88 Å². The van der Waals surface area contributed by atoms with Crippen molar-refractivity contribution in [2.45, 2.75) is 25.9 Å². The SMILES string of the molecule is Cc1cc(N=S2(=O)CCCC2)cc2ncnc(Nc3cccnc3OC3COCCOC3)c12. The Bertz CT molecular complexity index is 1250. The van der Waals surface area contributed by atoms with Crippen molar-refractivity contribution in [3.8, 4) is 5.88 Å². The van der Waals surface area contributed by atoms with E-state index in [4.69, 9.17) is 14.2 Å². The quantitative estimate of drug-likeness (QED) is 0.602. The molecule has 33 heavy (non-hydrogen) atoms. The smallest absolute Gasteiger partial charge is 0.238 e. The Morgan fingerprint density at radius 2 is 1.91 bits per heavy atom. The Labute approximate surface area is 193 Å². The Hall–Kier alpha value is -2.82. The van der Waals surface area contributed by atoms with E-state index in [0.717, 1.165) is 29.3 Å². The maximum atomic E-state index is 12.9. The summed E-state index contributed by atoms with van der Waals surface area (Å²) in [5, 5.41) is 4.22. The van der Waals surface area contributed by atoms with Crippen LogP contribution in [0, 0.1) is 6.92 Å². The average molecular weight is 470 g/mol. The van der Waals surface area contributed by atoms with Crippen molar-refractivity contribution in [3.05, 3.63) is 42.4 Å². The molecule has 0 unspecified atom stereocenters. The zero-order valence-corrected chi connectivity index (χ0v) is 19.3. The Kier molecular flexibility index (Phi) is 6.39. The molecule has 174 valence electrons. The topological polar surface area (TPSA) is 108 Å². The van der Waals surface area contributed by atoms with Crippen molar-refractivity contribution in [3.63, 3.8) is 0 Å². The van der Waals surface area contributed by atoms with E-state index in [1.807, 2.05) is 31.2 Å². The fourth-order valence-corrected chi connectivity index (χ4v) is 6.28. The lowest BCUT2D eigenvalue weighted by Crippen LogP contribution is -2.26. The summed E-state index contributed by atoms with van der Waals surface area (Å²) in [5.41, 5.74) is 3.08. The summed E-state index contributed by atoms with van der Waals surface area (Å²) < 4.78 is 34.6. The number of anilines is 2. The van der Waals surface area contributed by atoms with Crippen LogP contribution in [0.3, 0.4) is 0 Å². The first-order chi connectivity index (χ1) is 16.1. The molecule has 1 N–H and O–H groups in total. The first kappa shape index (κ1) is 22.0. The first-order valence-electron chi connectivity index (χ1n) is 11.1. The number of fused-ring (bicyclic) bond motifs is 1. The van der Waals surface area contributed by atoms with Gasteiger partial charge in [-0.25, -0.2) is 19.2 Å². The average Bonchev–Trinajstić information content (AvgIpc) is 3.06. The summed E-state index contributed by atoms with van der Waals surface area (Å²) in [6, 6.07) is 7.54. The maximum Gasteiger partial charge on any atom is 0.238 e. The fourth-order valence-electron chi connectivity index (χ4n) is 4.09. The molecule has 5 rings (SSSR count). The van der Waals surface area contributed by atoms with Crippen molar-refractivity contribution in [1.82, 2.24) is 15.0 Å². The molecule has 0 spiro atoms. The highest BCUT2D eigenvalue weighted by Crippen LogP contribution is 2.33. The number of hydrogen-bond donors (Lipinski definition) is 1. The van der Waals surface area contributed by atoms with E-state index in [0.29, 0.717) is 61.0 Å². The highest BCUT2D eigenvalue weighted by Gasteiger charge is 2.19. The van der Waals surface area contributed by atoms with Gasteiger partial charge in [-0.3, -0.25) is 0 Å². The maximum absolute atomic E-state index is 12.9. The Morgan fingerprint density at radius 3 is 2.70 bits per heavy atom. The second-order valence-electron chi connectivity index (χ2n) is 8.23. The van der Waals surface area contributed by atoms with Crippen LogP contribution in [0.1, 0.15) is 18.4 Å². The van der Waals surface area contributed by atoms with Crippen LogP contribution in [0.25, 0.3) is 10.9 Å². The van der Waals surface area contributed by atoms with Crippen molar-refractivity contribution in [2.24, 2.45) is 4.36 Å². The van der Waals surface area contributed by atoms with E-state index in [-0.39, 0.29) is 6.10 Å². The summed E-state index contributed by atoms with van der Waals surface area (Å²) in [6.45, 7) is 3.99. The highest BCUT2D eigenvalue weighted by molar-refractivity contribution is 7.93. The Balaban J connectivity index is 1.46. The van der Waals surface area contributed by atoms with Gasteiger partial charge < -0.3 is 19.5 Å². The van der Waals surface area contributed by atoms with E-state index in [2.05, 4.69) is 24.6 Å². The van der Waals surface area contributed by atoms with Crippen LogP contribution in [0.2, 0.25) is 0 Å². The number of ether oxygens (including phenoxy) is 3. The second-order valence-corrected chi connectivity index (χ2v) is 10.8. The molecule has 0 aliphatic carbocycles. The molecule has 1 aromatic carbocycles. The molecule has 0 saturated carbocycles. The summed E-state index contributed by atoms with van der Waals surface area (Å²) in [7, 11) is -2.15. The van der Waals surface area contributed by atoms with Gasteiger partial charge in [0.1, 0.15) is 23.9 Å². The number of benzene rings is 1. The minimum Gasteiger partial charge on any atom is -0.468 e. The van der Waals surface area contributed by atoms with Crippen LogP contribution in [0.4, 0.5) is 17.2 Å². The monoisotopic (exact) mass is 469 g/mol. The minimum absolute atomic E-state index is 0.242. The van der Waals surface area contributed by atoms with Gasteiger partial charge in [0.05, 0.1) is 47.4 Å². The van der Waals surface area contributed by atoms with Crippen molar-refractivity contribution in [2.75, 3.05) is 43.3 Å². The predicted octanol–water partition coefficient (Wildman–Crippen LogP) is 3.76. The van der Waals surface area contributed by atoms with Gasteiger partial charge in [0.25, 0.3) is 0 Å². The number of aromatic nitrogens is 3. The molecule has 2 aliphatic heterocycles. The van der Waals surface area contributed by atoms with Gasteiger partial charge >= 0.3 is 0 Å². The van der Waals surface area contributed by atoms with Crippen LogP contribution < -0.4 is 10.1 Å². The predicted molar refractivity (Wildman–Crippen MR) is 127 cm³/mol. The van der Waals surface area contributed by atoms with Crippen molar-refractivity contribution < 1.29 is 18.4 Å². The molecule has 4 heterocycles.